The Bertz CT molecular complexity index is 326. The van der Waals surface area contributed by atoms with Gasteiger partial charge in [-0.05, 0) is 18.1 Å². The molecule has 0 fully saturated rings. The van der Waals surface area contributed by atoms with Crippen molar-refractivity contribution < 1.29 is 0 Å². The van der Waals surface area contributed by atoms with E-state index in [1.807, 2.05) is 12.1 Å². The van der Waals surface area contributed by atoms with Crippen LogP contribution in [0.1, 0.15) is 18.0 Å². The van der Waals surface area contributed by atoms with Gasteiger partial charge in [-0.25, -0.2) is 0 Å². The van der Waals surface area contributed by atoms with Crippen molar-refractivity contribution in [2.45, 2.75) is 12.5 Å². The average molecular weight is 231 g/mol. The average Bonchev–Trinajstić information content (AvgIpc) is 2.19. The standard InChI is InChI=1S/C10H12Cl2N2/c1-2-4-9(14-13)7-5-3-6-8(11)10(7)12/h2-3,5-6,9,14H,1,4,13H2. The number of hydrogen-bond donors (Lipinski definition) is 2. The Balaban J connectivity index is 3.03. The van der Waals surface area contributed by atoms with E-state index in [0.29, 0.717) is 16.5 Å². The van der Waals surface area contributed by atoms with Crippen molar-refractivity contribution in [3.05, 3.63) is 46.5 Å². The Morgan fingerprint density at radius 2 is 2.21 bits per heavy atom. The van der Waals surface area contributed by atoms with Crippen LogP contribution in [0.5, 0.6) is 0 Å². The van der Waals surface area contributed by atoms with Crippen molar-refractivity contribution in [2.75, 3.05) is 0 Å². The lowest BCUT2D eigenvalue weighted by atomic mass is 10.0. The van der Waals surface area contributed by atoms with E-state index >= 15 is 0 Å². The molecule has 14 heavy (non-hydrogen) atoms. The predicted octanol–water partition coefficient (Wildman–Crippen LogP) is 3.07. The summed E-state index contributed by atoms with van der Waals surface area (Å²) in [7, 11) is 0. The molecule has 1 unspecified atom stereocenters. The molecule has 0 saturated heterocycles. The fourth-order valence-electron chi connectivity index (χ4n) is 1.24. The lowest BCUT2D eigenvalue weighted by Gasteiger charge is -2.16. The van der Waals surface area contributed by atoms with E-state index in [1.165, 1.54) is 0 Å². The molecule has 2 nitrogen and oxygen atoms in total. The Hall–Kier alpha value is -0.540. The molecule has 0 aliphatic carbocycles. The van der Waals surface area contributed by atoms with E-state index in [9.17, 15) is 0 Å². The molecule has 4 heteroatoms. The van der Waals surface area contributed by atoms with E-state index in [4.69, 9.17) is 29.0 Å². The Labute approximate surface area is 93.7 Å². The van der Waals surface area contributed by atoms with Gasteiger partial charge in [0.1, 0.15) is 0 Å². The van der Waals surface area contributed by atoms with Crippen LogP contribution in [0.25, 0.3) is 0 Å². The molecule has 0 aliphatic rings. The molecule has 0 aromatic heterocycles. The highest BCUT2D eigenvalue weighted by Gasteiger charge is 2.13. The second kappa shape index (κ2) is 5.37. The number of rotatable bonds is 4. The number of benzene rings is 1. The second-order valence-corrected chi connectivity index (χ2v) is 3.67. The summed E-state index contributed by atoms with van der Waals surface area (Å²) in [5.74, 6) is 5.41. The minimum absolute atomic E-state index is 0.0429. The molecule has 1 aromatic carbocycles. The minimum atomic E-state index is -0.0429. The van der Waals surface area contributed by atoms with E-state index in [0.717, 1.165) is 5.56 Å². The number of nitrogens with two attached hydrogens (primary N) is 1. The third-order valence-corrected chi connectivity index (χ3v) is 2.79. The molecular formula is C10H12Cl2N2. The molecule has 3 N–H and O–H groups in total. The fraction of sp³-hybridized carbons (Fsp3) is 0.200. The molecule has 1 rings (SSSR count). The monoisotopic (exact) mass is 230 g/mol. The number of halogens is 2. The maximum atomic E-state index is 6.04. The third-order valence-electron chi connectivity index (χ3n) is 1.96. The van der Waals surface area contributed by atoms with Crippen LogP contribution in [0.2, 0.25) is 10.0 Å². The second-order valence-electron chi connectivity index (χ2n) is 2.89. The Kier molecular flexibility index (Phi) is 4.42. The summed E-state index contributed by atoms with van der Waals surface area (Å²) in [5.41, 5.74) is 3.56. The molecule has 0 heterocycles. The first-order valence-electron chi connectivity index (χ1n) is 4.21. The summed E-state index contributed by atoms with van der Waals surface area (Å²) in [6.07, 6.45) is 2.48. The largest absolute Gasteiger partial charge is 0.271 e. The van der Waals surface area contributed by atoms with Gasteiger partial charge in [0.05, 0.1) is 16.1 Å². The van der Waals surface area contributed by atoms with Crippen molar-refractivity contribution in [3.63, 3.8) is 0 Å². The molecule has 1 aromatic rings. The molecule has 0 saturated carbocycles. The number of hydrogen-bond acceptors (Lipinski definition) is 2. The normalized spacial score (nSPS) is 12.5. The van der Waals surface area contributed by atoms with Gasteiger partial charge in [-0.3, -0.25) is 11.3 Å². The third kappa shape index (κ3) is 2.49. The topological polar surface area (TPSA) is 38.0 Å². The van der Waals surface area contributed by atoms with Crippen LogP contribution in [0.3, 0.4) is 0 Å². The number of hydrazine groups is 1. The van der Waals surface area contributed by atoms with Gasteiger partial charge in [-0.1, -0.05) is 41.4 Å². The first kappa shape index (κ1) is 11.5. The summed E-state index contributed by atoms with van der Waals surface area (Å²) in [4.78, 5) is 0. The van der Waals surface area contributed by atoms with Crippen LogP contribution in [0.15, 0.2) is 30.9 Å². The summed E-state index contributed by atoms with van der Waals surface area (Å²) in [6, 6.07) is 5.44. The van der Waals surface area contributed by atoms with Crippen molar-refractivity contribution in [2.24, 2.45) is 5.84 Å². The van der Waals surface area contributed by atoms with Crippen LogP contribution in [-0.4, -0.2) is 0 Å². The summed E-state index contributed by atoms with van der Waals surface area (Å²) < 4.78 is 0. The van der Waals surface area contributed by atoms with Gasteiger partial charge in [0.2, 0.25) is 0 Å². The molecule has 0 spiro atoms. The van der Waals surface area contributed by atoms with E-state index in [1.54, 1.807) is 12.1 Å². The zero-order chi connectivity index (χ0) is 10.6. The van der Waals surface area contributed by atoms with Crippen LogP contribution in [0.4, 0.5) is 0 Å². The molecule has 0 bridgehead atoms. The molecule has 0 aliphatic heterocycles. The maximum absolute atomic E-state index is 6.04. The zero-order valence-electron chi connectivity index (χ0n) is 7.63. The Morgan fingerprint density at radius 3 is 2.79 bits per heavy atom. The van der Waals surface area contributed by atoms with Gasteiger partial charge in [0.15, 0.2) is 0 Å². The van der Waals surface area contributed by atoms with E-state index < -0.39 is 0 Å². The van der Waals surface area contributed by atoms with E-state index in [2.05, 4.69) is 12.0 Å². The van der Waals surface area contributed by atoms with Gasteiger partial charge in [-0.2, -0.15) is 0 Å². The lowest BCUT2D eigenvalue weighted by Crippen LogP contribution is -2.27. The van der Waals surface area contributed by atoms with Gasteiger partial charge in [-0.15, -0.1) is 6.58 Å². The highest BCUT2D eigenvalue weighted by molar-refractivity contribution is 6.42. The van der Waals surface area contributed by atoms with Gasteiger partial charge in [0, 0.05) is 0 Å². The SMILES string of the molecule is C=CCC(NN)c1cccc(Cl)c1Cl. The molecule has 1 atom stereocenters. The molecular weight excluding hydrogens is 219 g/mol. The number of nitrogens with one attached hydrogen (secondary N) is 1. The summed E-state index contributed by atoms with van der Waals surface area (Å²) >= 11 is 11.9. The first-order valence-corrected chi connectivity index (χ1v) is 4.97. The van der Waals surface area contributed by atoms with Gasteiger partial charge >= 0.3 is 0 Å². The van der Waals surface area contributed by atoms with Crippen LogP contribution in [0, 0.1) is 0 Å². The summed E-state index contributed by atoms with van der Waals surface area (Å²) in [5, 5.41) is 1.08. The Morgan fingerprint density at radius 1 is 1.50 bits per heavy atom. The predicted molar refractivity (Wildman–Crippen MR) is 61.3 cm³/mol. The van der Waals surface area contributed by atoms with Crippen molar-refractivity contribution in [1.29, 1.82) is 0 Å². The molecule has 76 valence electrons. The first-order chi connectivity index (χ1) is 6.70. The van der Waals surface area contributed by atoms with Crippen LogP contribution in [-0.2, 0) is 0 Å². The van der Waals surface area contributed by atoms with Crippen molar-refractivity contribution in [1.82, 2.24) is 5.43 Å². The van der Waals surface area contributed by atoms with Crippen LogP contribution < -0.4 is 11.3 Å². The quantitative estimate of drug-likeness (QED) is 0.474. The zero-order valence-corrected chi connectivity index (χ0v) is 9.15. The van der Waals surface area contributed by atoms with Gasteiger partial charge in [0.25, 0.3) is 0 Å². The summed E-state index contributed by atoms with van der Waals surface area (Å²) in [6.45, 7) is 3.65. The van der Waals surface area contributed by atoms with Crippen LogP contribution >= 0.6 is 23.2 Å². The van der Waals surface area contributed by atoms with Crippen molar-refractivity contribution >= 4 is 23.2 Å². The smallest absolute Gasteiger partial charge is 0.0640 e. The van der Waals surface area contributed by atoms with Crippen molar-refractivity contribution in [3.8, 4) is 0 Å². The lowest BCUT2D eigenvalue weighted by molar-refractivity contribution is 0.562. The highest BCUT2D eigenvalue weighted by atomic mass is 35.5. The highest BCUT2D eigenvalue weighted by Crippen LogP contribution is 2.30. The molecule has 0 radical (unpaired) electrons. The minimum Gasteiger partial charge on any atom is -0.271 e. The fourth-order valence-corrected chi connectivity index (χ4v) is 1.68. The van der Waals surface area contributed by atoms with E-state index in [-0.39, 0.29) is 6.04 Å². The molecule has 0 amide bonds. The maximum Gasteiger partial charge on any atom is 0.0640 e. The van der Waals surface area contributed by atoms with Gasteiger partial charge < -0.3 is 0 Å².